The Balaban J connectivity index is 1.45. The SMILES string of the molecule is CCCc1nc2c(C)cc(-c3ccccc3Cl)cc2n1Cc1ccc2c(c1)CCc1ccccc1/C2=C\C#N. The molecule has 0 N–H and O–H groups in total. The number of rotatable bonds is 5. The van der Waals surface area contributed by atoms with Crippen LogP contribution >= 0.6 is 11.6 Å². The van der Waals surface area contributed by atoms with E-state index in [1.807, 2.05) is 18.2 Å². The molecular formula is C35H30ClN3. The highest BCUT2D eigenvalue weighted by atomic mass is 35.5. The minimum Gasteiger partial charge on any atom is -0.323 e. The first-order valence-corrected chi connectivity index (χ1v) is 14.0. The molecule has 5 aromatic rings. The smallest absolute Gasteiger partial charge is 0.110 e. The van der Waals surface area contributed by atoms with Crippen molar-refractivity contribution in [3.8, 4) is 17.2 Å². The van der Waals surface area contributed by atoms with Gasteiger partial charge >= 0.3 is 0 Å². The van der Waals surface area contributed by atoms with Gasteiger partial charge in [-0.3, -0.25) is 0 Å². The molecule has 192 valence electrons. The topological polar surface area (TPSA) is 41.6 Å². The van der Waals surface area contributed by atoms with E-state index in [9.17, 15) is 5.26 Å². The first-order valence-electron chi connectivity index (χ1n) is 13.6. The largest absolute Gasteiger partial charge is 0.323 e. The Morgan fingerprint density at radius 2 is 1.67 bits per heavy atom. The van der Waals surface area contributed by atoms with Gasteiger partial charge in [-0.25, -0.2) is 4.98 Å². The molecule has 4 heteroatoms. The highest BCUT2D eigenvalue weighted by Crippen LogP contribution is 2.35. The van der Waals surface area contributed by atoms with Crippen molar-refractivity contribution in [3.63, 3.8) is 0 Å². The zero-order chi connectivity index (χ0) is 26.9. The van der Waals surface area contributed by atoms with Crippen LogP contribution in [0.4, 0.5) is 0 Å². The average molecular weight is 528 g/mol. The predicted molar refractivity (Wildman–Crippen MR) is 161 cm³/mol. The number of benzene rings is 4. The van der Waals surface area contributed by atoms with E-state index in [0.29, 0.717) is 0 Å². The summed E-state index contributed by atoms with van der Waals surface area (Å²) in [4.78, 5) is 5.11. The minimum atomic E-state index is 0.745. The number of halogens is 1. The Kier molecular flexibility index (Phi) is 6.81. The molecular weight excluding hydrogens is 498 g/mol. The van der Waals surface area contributed by atoms with Crippen LogP contribution in [0.2, 0.25) is 5.02 Å². The third-order valence-corrected chi connectivity index (χ3v) is 8.09. The fraction of sp³-hybridized carbons (Fsp3) is 0.200. The number of aromatic nitrogens is 2. The van der Waals surface area contributed by atoms with Crippen LogP contribution in [0, 0.1) is 18.3 Å². The zero-order valence-corrected chi connectivity index (χ0v) is 23.1. The van der Waals surface area contributed by atoms with Gasteiger partial charge in [0.15, 0.2) is 0 Å². The zero-order valence-electron chi connectivity index (χ0n) is 22.3. The number of allylic oxidation sites excluding steroid dienone is 1. The fourth-order valence-corrected chi connectivity index (χ4v) is 6.16. The summed E-state index contributed by atoms with van der Waals surface area (Å²) in [7, 11) is 0. The molecule has 1 heterocycles. The van der Waals surface area contributed by atoms with E-state index in [4.69, 9.17) is 16.6 Å². The maximum Gasteiger partial charge on any atom is 0.110 e. The Labute approximate surface area is 235 Å². The summed E-state index contributed by atoms with van der Waals surface area (Å²) in [5.41, 5.74) is 12.7. The summed E-state index contributed by atoms with van der Waals surface area (Å²) < 4.78 is 2.38. The first kappa shape index (κ1) is 25.2. The quantitative estimate of drug-likeness (QED) is 0.214. The molecule has 39 heavy (non-hydrogen) atoms. The van der Waals surface area contributed by atoms with Crippen molar-refractivity contribution < 1.29 is 0 Å². The number of hydrogen-bond donors (Lipinski definition) is 0. The number of fused-ring (bicyclic) bond motifs is 3. The number of hydrogen-bond acceptors (Lipinski definition) is 2. The second-order valence-corrected chi connectivity index (χ2v) is 10.7. The van der Waals surface area contributed by atoms with Crippen molar-refractivity contribution in [2.24, 2.45) is 0 Å². The third kappa shape index (κ3) is 4.67. The van der Waals surface area contributed by atoms with Crippen LogP contribution in [0.5, 0.6) is 0 Å². The van der Waals surface area contributed by atoms with Crippen LogP contribution in [-0.2, 0) is 25.8 Å². The first-order chi connectivity index (χ1) is 19.1. The molecule has 0 unspecified atom stereocenters. The van der Waals surface area contributed by atoms with Crippen molar-refractivity contribution in [2.45, 2.75) is 46.1 Å². The molecule has 0 spiro atoms. The molecule has 1 aliphatic rings. The molecule has 0 atom stereocenters. The van der Waals surface area contributed by atoms with E-state index in [-0.39, 0.29) is 0 Å². The molecule has 0 amide bonds. The lowest BCUT2D eigenvalue weighted by molar-refractivity contribution is 0.721. The molecule has 3 nitrogen and oxygen atoms in total. The van der Waals surface area contributed by atoms with E-state index in [1.54, 1.807) is 6.08 Å². The Bertz CT molecular complexity index is 1780. The number of nitriles is 1. The maximum absolute atomic E-state index is 9.57. The molecule has 0 saturated carbocycles. The standard InChI is InChI=1S/C35H30ClN3/c1-3-8-34-38-35-23(2)19-27(30-11-6-7-12-32(30)36)21-33(35)39(34)22-24-13-16-29-26(20-24)15-14-25-9-4-5-10-28(25)31(29)17-18-37/h4-7,9-13,16-17,19-21H,3,8,14-15,22H2,1-2H3/b31-17+. The van der Waals surface area contributed by atoms with Gasteiger partial charge in [0.1, 0.15) is 5.82 Å². The second kappa shape index (κ2) is 10.6. The van der Waals surface area contributed by atoms with Crippen molar-refractivity contribution in [3.05, 3.63) is 129 Å². The lowest BCUT2D eigenvalue weighted by atomic mass is 9.93. The van der Waals surface area contributed by atoms with Gasteiger partial charge in [-0.15, -0.1) is 0 Å². The van der Waals surface area contributed by atoms with Crippen molar-refractivity contribution in [2.75, 3.05) is 0 Å². The summed E-state index contributed by atoms with van der Waals surface area (Å²) in [5, 5.41) is 10.3. The summed E-state index contributed by atoms with van der Waals surface area (Å²) in [6.07, 6.45) is 5.57. The van der Waals surface area contributed by atoms with E-state index < -0.39 is 0 Å². The highest BCUT2D eigenvalue weighted by molar-refractivity contribution is 6.33. The average Bonchev–Trinajstić information content (AvgIpc) is 3.20. The van der Waals surface area contributed by atoms with Gasteiger partial charge in [0.05, 0.1) is 17.1 Å². The van der Waals surface area contributed by atoms with Gasteiger partial charge in [-0.1, -0.05) is 79.2 Å². The van der Waals surface area contributed by atoms with Crippen LogP contribution in [-0.4, -0.2) is 9.55 Å². The molecule has 1 aliphatic carbocycles. The number of nitrogens with zero attached hydrogens (tertiary/aromatic N) is 3. The van der Waals surface area contributed by atoms with Crippen LogP contribution in [0.3, 0.4) is 0 Å². The molecule has 0 fully saturated rings. The van der Waals surface area contributed by atoms with Crippen LogP contribution in [0.25, 0.3) is 27.7 Å². The maximum atomic E-state index is 9.57. The monoisotopic (exact) mass is 527 g/mol. The van der Waals surface area contributed by atoms with Gasteiger partial charge in [0, 0.05) is 29.6 Å². The molecule has 0 saturated heterocycles. The molecule has 0 bridgehead atoms. The van der Waals surface area contributed by atoms with E-state index in [2.05, 4.69) is 85.1 Å². The molecule has 0 aliphatic heterocycles. The van der Waals surface area contributed by atoms with Crippen molar-refractivity contribution in [1.29, 1.82) is 5.26 Å². The number of aryl methyl sites for hydroxylation is 4. The lowest BCUT2D eigenvalue weighted by Crippen LogP contribution is -2.06. The number of imidazole rings is 1. The molecule has 6 rings (SSSR count). The summed E-state index contributed by atoms with van der Waals surface area (Å²) in [6, 6.07) is 29.9. The summed E-state index contributed by atoms with van der Waals surface area (Å²) >= 11 is 6.59. The van der Waals surface area contributed by atoms with Gasteiger partial charge < -0.3 is 4.57 Å². The molecule has 4 aromatic carbocycles. The van der Waals surface area contributed by atoms with Crippen molar-refractivity contribution in [1.82, 2.24) is 9.55 Å². The Morgan fingerprint density at radius 3 is 2.46 bits per heavy atom. The predicted octanol–water partition coefficient (Wildman–Crippen LogP) is 8.72. The van der Waals surface area contributed by atoms with E-state index >= 15 is 0 Å². The molecule has 0 radical (unpaired) electrons. The van der Waals surface area contributed by atoms with Crippen LogP contribution in [0.1, 0.15) is 52.5 Å². The van der Waals surface area contributed by atoms with Gasteiger partial charge in [-0.05, 0) is 88.9 Å². The van der Waals surface area contributed by atoms with Crippen LogP contribution in [0.15, 0.2) is 84.9 Å². The van der Waals surface area contributed by atoms with E-state index in [1.165, 1.54) is 22.3 Å². The van der Waals surface area contributed by atoms with Gasteiger partial charge in [0.2, 0.25) is 0 Å². The lowest BCUT2D eigenvalue weighted by Gasteiger charge is -2.14. The third-order valence-electron chi connectivity index (χ3n) is 7.76. The van der Waals surface area contributed by atoms with Crippen molar-refractivity contribution >= 4 is 28.2 Å². The van der Waals surface area contributed by atoms with Crippen LogP contribution < -0.4 is 0 Å². The summed E-state index contributed by atoms with van der Waals surface area (Å²) in [5.74, 6) is 1.11. The van der Waals surface area contributed by atoms with Gasteiger partial charge in [-0.2, -0.15) is 5.26 Å². The van der Waals surface area contributed by atoms with Gasteiger partial charge in [0.25, 0.3) is 0 Å². The minimum absolute atomic E-state index is 0.745. The second-order valence-electron chi connectivity index (χ2n) is 10.3. The Hall–Kier alpha value is -4.13. The van der Waals surface area contributed by atoms with E-state index in [0.717, 1.165) is 81.9 Å². The summed E-state index contributed by atoms with van der Waals surface area (Å²) in [6.45, 7) is 5.09. The normalized spacial score (nSPS) is 13.6. The Morgan fingerprint density at radius 1 is 0.923 bits per heavy atom. The molecule has 1 aromatic heterocycles. The highest BCUT2D eigenvalue weighted by Gasteiger charge is 2.20. The fourth-order valence-electron chi connectivity index (χ4n) is 5.92.